The zero-order valence-corrected chi connectivity index (χ0v) is 32.7. The number of Topliss-reactive ketones (excluding diaryl/α,β-unsaturated/α-hetero) is 1. The maximum Gasteiger partial charge on any atom is 0.328 e. The van der Waals surface area contributed by atoms with Gasteiger partial charge in [-0.05, 0) is 101 Å². The average molecular weight is 761 g/mol. The van der Waals surface area contributed by atoms with E-state index in [2.05, 4.69) is 49.4 Å². The third-order valence-corrected chi connectivity index (χ3v) is 12.4. The molecule has 0 bridgehead atoms. The van der Waals surface area contributed by atoms with Crippen molar-refractivity contribution in [3.8, 4) is 0 Å². The van der Waals surface area contributed by atoms with Crippen molar-refractivity contribution in [2.24, 2.45) is 5.92 Å². The van der Waals surface area contributed by atoms with Gasteiger partial charge in [-0.3, -0.25) is 34.1 Å². The van der Waals surface area contributed by atoms with Gasteiger partial charge in [-0.25, -0.2) is 14.8 Å². The number of aromatic nitrogens is 4. The number of piperidine rings is 1. The van der Waals surface area contributed by atoms with Crippen LogP contribution in [0.3, 0.4) is 0 Å². The van der Waals surface area contributed by atoms with Crippen molar-refractivity contribution in [3.63, 3.8) is 0 Å². The van der Waals surface area contributed by atoms with Gasteiger partial charge in [0, 0.05) is 75.5 Å². The summed E-state index contributed by atoms with van der Waals surface area (Å²) in [6.45, 7) is 12.8. The monoisotopic (exact) mass is 760 g/mol. The lowest BCUT2D eigenvalue weighted by atomic mass is 9.92. The van der Waals surface area contributed by atoms with E-state index >= 15 is 0 Å². The molecule has 3 saturated heterocycles. The molecule has 56 heavy (non-hydrogen) atoms. The number of nitrogens with one attached hydrogen (secondary N) is 2. The number of carbonyl (C=O) groups is 3. The largest absolute Gasteiger partial charge is 0.371 e. The molecule has 14 nitrogen and oxygen atoms in total. The third-order valence-electron chi connectivity index (χ3n) is 12.4. The number of carbonyl (C=O) groups excluding carboxylic acids is 3. The van der Waals surface area contributed by atoms with Crippen LogP contribution in [-0.4, -0.2) is 94.5 Å². The number of rotatable bonds is 10. The molecule has 1 saturated carbocycles. The van der Waals surface area contributed by atoms with Crippen molar-refractivity contribution in [1.29, 1.82) is 0 Å². The van der Waals surface area contributed by atoms with Crippen LogP contribution in [0, 0.1) is 19.8 Å². The van der Waals surface area contributed by atoms with Gasteiger partial charge in [-0.1, -0.05) is 18.9 Å². The van der Waals surface area contributed by atoms with Crippen LogP contribution >= 0.6 is 0 Å². The van der Waals surface area contributed by atoms with E-state index in [1.807, 2.05) is 24.4 Å². The lowest BCUT2D eigenvalue weighted by molar-refractivity contribution is -0.120. The molecule has 0 spiro atoms. The van der Waals surface area contributed by atoms with E-state index in [-0.39, 0.29) is 34.9 Å². The third kappa shape index (κ3) is 7.58. The second-order valence-electron chi connectivity index (χ2n) is 15.9. The Morgan fingerprint density at radius 3 is 2.29 bits per heavy atom. The second kappa shape index (κ2) is 16.0. The van der Waals surface area contributed by atoms with Gasteiger partial charge in [0.15, 0.2) is 5.78 Å². The molecule has 0 atom stereocenters. The van der Waals surface area contributed by atoms with Crippen LogP contribution in [0.1, 0.15) is 85.8 Å². The molecule has 8 rings (SSSR count). The van der Waals surface area contributed by atoms with E-state index in [1.54, 1.807) is 22.6 Å². The van der Waals surface area contributed by atoms with Crippen LogP contribution < -0.4 is 30.9 Å². The number of fused-ring (bicyclic) bond motifs is 1. The summed E-state index contributed by atoms with van der Waals surface area (Å²) in [5.74, 6) is 1.24. The van der Waals surface area contributed by atoms with Crippen molar-refractivity contribution in [2.75, 3.05) is 72.4 Å². The minimum atomic E-state index is -0.340. The van der Waals surface area contributed by atoms with E-state index < -0.39 is 0 Å². The van der Waals surface area contributed by atoms with Gasteiger partial charge in [0.1, 0.15) is 11.5 Å². The SMILES string of the molecule is CC(=O)c1c(C)c2cnc(Nc3ccc(N4CCN(CCC5CCN(c6cccc(N7CCC(=O)NC7=O)c6C)CC5)CC4)cn3)nc2n(C2CCCC2)c1=O. The molecule has 4 aromatic rings. The predicted octanol–water partition coefficient (Wildman–Crippen LogP) is 5.74. The Hall–Kier alpha value is -5.37. The van der Waals surface area contributed by atoms with Crippen LogP contribution in [0.4, 0.5) is 33.6 Å². The van der Waals surface area contributed by atoms with E-state index in [0.29, 0.717) is 41.9 Å². The topological polar surface area (TPSA) is 149 Å². The Morgan fingerprint density at radius 1 is 0.839 bits per heavy atom. The summed E-state index contributed by atoms with van der Waals surface area (Å²) in [5.41, 5.74) is 5.37. The molecule has 0 radical (unpaired) electrons. The van der Waals surface area contributed by atoms with Gasteiger partial charge in [0.25, 0.3) is 5.56 Å². The summed E-state index contributed by atoms with van der Waals surface area (Å²) < 4.78 is 1.73. The molecule has 3 aliphatic heterocycles. The molecule has 3 aromatic heterocycles. The molecule has 6 heterocycles. The van der Waals surface area contributed by atoms with Crippen LogP contribution in [0.2, 0.25) is 0 Å². The Kier molecular flexibility index (Phi) is 10.7. The highest BCUT2D eigenvalue weighted by molar-refractivity contribution is 6.06. The van der Waals surface area contributed by atoms with E-state index in [1.165, 1.54) is 19.0 Å². The van der Waals surface area contributed by atoms with Gasteiger partial charge in [-0.15, -0.1) is 0 Å². The lowest BCUT2D eigenvalue weighted by Crippen LogP contribution is -2.50. The van der Waals surface area contributed by atoms with Gasteiger partial charge < -0.3 is 15.1 Å². The van der Waals surface area contributed by atoms with Crippen LogP contribution in [-0.2, 0) is 4.79 Å². The number of aryl methyl sites for hydroxylation is 1. The summed E-state index contributed by atoms with van der Waals surface area (Å²) >= 11 is 0. The number of hydrogen-bond donors (Lipinski definition) is 2. The van der Waals surface area contributed by atoms with Crippen molar-refractivity contribution < 1.29 is 14.4 Å². The Balaban J connectivity index is 0.824. The smallest absolute Gasteiger partial charge is 0.328 e. The fourth-order valence-electron chi connectivity index (χ4n) is 9.17. The number of benzene rings is 1. The predicted molar refractivity (Wildman–Crippen MR) is 218 cm³/mol. The molecule has 4 fully saturated rings. The number of hydrogen-bond acceptors (Lipinski definition) is 11. The molecular weight excluding hydrogens is 709 g/mol. The number of amides is 3. The number of nitrogens with zero attached hydrogens (tertiary/aromatic N) is 8. The number of ketones is 1. The second-order valence-corrected chi connectivity index (χ2v) is 15.9. The molecule has 0 unspecified atom stereocenters. The van der Waals surface area contributed by atoms with Crippen LogP contribution in [0.15, 0.2) is 47.5 Å². The highest BCUT2D eigenvalue weighted by Gasteiger charge is 2.29. The van der Waals surface area contributed by atoms with Gasteiger partial charge in [0.05, 0.1) is 23.1 Å². The Bertz CT molecular complexity index is 2180. The van der Waals surface area contributed by atoms with Gasteiger partial charge >= 0.3 is 6.03 Å². The van der Waals surface area contributed by atoms with Crippen LogP contribution in [0.25, 0.3) is 11.0 Å². The van der Waals surface area contributed by atoms with Crippen molar-refractivity contribution in [1.82, 2.24) is 29.7 Å². The lowest BCUT2D eigenvalue weighted by Gasteiger charge is -2.38. The first kappa shape index (κ1) is 37.5. The summed E-state index contributed by atoms with van der Waals surface area (Å²) in [6.07, 6.45) is 11.3. The highest BCUT2D eigenvalue weighted by atomic mass is 16.2. The van der Waals surface area contributed by atoms with Crippen LogP contribution in [0.5, 0.6) is 0 Å². The summed E-state index contributed by atoms with van der Waals surface area (Å²) in [7, 11) is 0. The van der Waals surface area contributed by atoms with E-state index in [9.17, 15) is 19.2 Å². The molecule has 14 heteroatoms. The number of anilines is 5. The zero-order valence-electron chi connectivity index (χ0n) is 32.7. The highest BCUT2D eigenvalue weighted by Crippen LogP contribution is 2.34. The minimum Gasteiger partial charge on any atom is -0.371 e. The maximum absolute atomic E-state index is 13.6. The molecule has 294 valence electrons. The first-order valence-electron chi connectivity index (χ1n) is 20.2. The van der Waals surface area contributed by atoms with E-state index in [4.69, 9.17) is 9.97 Å². The Labute approximate surface area is 327 Å². The summed E-state index contributed by atoms with van der Waals surface area (Å²) in [4.78, 5) is 73.3. The van der Waals surface area contributed by atoms with Crippen molar-refractivity contribution in [3.05, 3.63) is 69.8 Å². The molecule has 4 aliphatic rings. The number of piperazine rings is 1. The molecule has 2 N–H and O–H groups in total. The molecule has 1 aromatic carbocycles. The molecular formula is C42H52N10O4. The molecule has 3 amide bonds. The first-order valence-corrected chi connectivity index (χ1v) is 20.2. The van der Waals surface area contributed by atoms with E-state index in [0.717, 1.165) is 107 Å². The fourth-order valence-corrected chi connectivity index (χ4v) is 9.17. The standard InChI is InChI=1S/C42H52N10O4/c1-27-33-26-44-41(47-39(33)52(31-7-4-5-8-31)40(55)38(27)29(3)53)45-36-12-11-32(25-43-36)49-23-21-48(22-24-49)17-13-30-14-18-50(19-15-30)34-9-6-10-35(28(34)2)51-20-16-37(54)46-42(51)56/h6,9-12,25-26,30-31H,4-5,7-8,13-24H2,1-3H3,(H,46,54,56)(H,43,44,45,47). The fraction of sp³-hybridized carbons (Fsp3) is 0.500. The summed E-state index contributed by atoms with van der Waals surface area (Å²) in [5, 5.41) is 6.40. The Morgan fingerprint density at radius 2 is 1.59 bits per heavy atom. The number of imide groups is 1. The number of pyridine rings is 2. The number of urea groups is 1. The average Bonchev–Trinajstić information content (AvgIpc) is 3.73. The maximum atomic E-state index is 13.6. The van der Waals surface area contributed by atoms with Crippen molar-refractivity contribution in [2.45, 2.75) is 78.2 Å². The van der Waals surface area contributed by atoms with Gasteiger partial charge in [0.2, 0.25) is 11.9 Å². The first-order chi connectivity index (χ1) is 27.1. The van der Waals surface area contributed by atoms with Crippen molar-refractivity contribution >= 4 is 57.6 Å². The summed E-state index contributed by atoms with van der Waals surface area (Å²) in [6, 6.07) is 9.84. The minimum absolute atomic E-state index is 0.0240. The normalized spacial score (nSPS) is 18.9. The van der Waals surface area contributed by atoms with Gasteiger partial charge in [-0.2, -0.15) is 4.98 Å². The molecule has 1 aliphatic carbocycles. The zero-order chi connectivity index (χ0) is 38.9. The quantitative estimate of drug-likeness (QED) is 0.191.